The summed E-state index contributed by atoms with van der Waals surface area (Å²) in [5, 5.41) is 0. The summed E-state index contributed by atoms with van der Waals surface area (Å²) in [6.07, 6.45) is 0.900. The second-order valence-corrected chi connectivity index (χ2v) is 4.46. The van der Waals surface area contributed by atoms with E-state index in [0.717, 1.165) is 13.0 Å². The molecule has 0 saturated heterocycles. The minimum atomic E-state index is 0.0761. The van der Waals surface area contributed by atoms with E-state index >= 15 is 0 Å². The molecule has 16 heavy (non-hydrogen) atoms. The van der Waals surface area contributed by atoms with Gasteiger partial charge < -0.3 is 4.90 Å². The van der Waals surface area contributed by atoms with Crippen LogP contribution in [0.4, 0.5) is 0 Å². The number of rotatable bonds is 4. The first-order valence-electron chi connectivity index (χ1n) is 5.45. The second-order valence-electron chi connectivity index (χ2n) is 4.14. The maximum atomic E-state index is 11.3. The molecule has 0 N–H and O–H groups in total. The Hall–Kier alpha value is -0.960. The number of hydrogen-bond donors (Lipinski definition) is 1. The fourth-order valence-corrected chi connectivity index (χ4v) is 1.74. The average Bonchev–Trinajstić information content (AvgIpc) is 2.29. The van der Waals surface area contributed by atoms with E-state index < -0.39 is 0 Å². The van der Waals surface area contributed by atoms with E-state index in [4.69, 9.17) is 0 Å². The van der Waals surface area contributed by atoms with Crippen LogP contribution < -0.4 is 0 Å². The van der Waals surface area contributed by atoms with E-state index in [0.29, 0.717) is 0 Å². The Morgan fingerprint density at radius 1 is 1.31 bits per heavy atom. The lowest BCUT2D eigenvalue weighted by Crippen LogP contribution is -2.29. The molecule has 0 heterocycles. The van der Waals surface area contributed by atoms with Crippen molar-refractivity contribution in [2.45, 2.75) is 20.3 Å². The Morgan fingerprint density at radius 3 is 2.56 bits per heavy atom. The number of likely N-dealkylation sites (N-methyl/N-ethyl adjacent to an activating group) is 1. The molecule has 0 bridgehead atoms. The fraction of sp³-hybridized carbons (Fsp3) is 0.462. The number of hydrogen-bond acceptors (Lipinski definition) is 2. The summed E-state index contributed by atoms with van der Waals surface area (Å²) >= 11 is 3.97. The zero-order valence-electron chi connectivity index (χ0n) is 10.2. The van der Waals surface area contributed by atoms with Crippen LogP contribution in [0, 0.1) is 13.8 Å². The molecule has 0 spiro atoms. The van der Waals surface area contributed by atoms with E-state index in [1.807, 2.05) is 7.05 Å². The zero-order chi connectivity index (χ0) is 12.1. The smallest absolute Gasteiger partial charge is 0.232 e. The third-order valence-electron chi connectivity index (χ3n) is 2.87. The highest BCUT2D eigenvalue weighted by molar-refractivity contribution is 7.81. The minimum absolute atomic E-state index is 0.0761. The Balaban J connectivity index is 2.55. The largest absolute Gasteiger partial charge is 0.345 e. The Kier molecular flexibility index (Phi) is 4.87. The lowest BCUT2D eigenvalue weighted by molar-refractivity contribution is -0.127. The van der Waals surface area contributed by atoms with E-state index in [1.165, 1.54) is 16.7 Å². The Bertz CT molecular complexity index is 376. The van der Waals surface area contributed by atoms with Gasteiger partial charge in [0.15, 0.2) is 0 Å². The summed E-state index contributed by atoms with van der Waals surface area (Å²) in [5.41, 5.74) is 3.89. The molecule has 1 rings (SSSR count). The standard InChI is InChI=1S/C13H19NOS/c1-10-4-5-12(8-11(10)2)6-7-14(3)13(15)9-16/h4-5,8,16H,6-7,9H2,1-3H3. The molecule has 0 atom stereocenters. The molecule has 0 aliphatic heterocycles. The van der Waals surface area contributed by atoms with Gasteiger partial charge in [0.2, 0.25) is 5.91 Å². The van der Waals surface area contributed by atoms with Crippen molar-refractivity contribution in [3.8, 4) is 0 Å². The molecule has 0 fully saturated rings. The lowest BCUT2D eigenvalue weighted by atomic mass is 10.0. The quantitative estimate of drug-likeness (QED) is 0.796. The van der Waals surface area contributed by atoms with Gasteiger partial charge in [0.25, 0.3) is 0 Å². The fourth-order valence-electron chi connectivity index (χ4n) is 1.50. The van der Waals surface area contributed by atoms with Gasteiger partial charge in [-0.1, -0.05) is 18.2 Å². The SMILES string of the molecule is Cc1ccc(CCN(C)C(=O)CS)cc1C. The molecule has 1 aromatic carbocycles. The van der Waals surface area contributed by atoms with Gasteiger partial charge in [-0.3, -0.25) is 4.79 Å². The van der Waals surface area contributed by atoms with Crippen LogP contribution in [0.2, 0.25) is 0 Å². The van der Waals surface area contributed by atoms with Gasteiger partial charge in [-0.2, -0.15) is 12.6 Å². The number of carbonyl (C=O) groups excluding carboxylic acids is 1. The van der Waals surface area contributed by atoms with Gasteiger partial charge in [0.1, 0.15) is 0 Å². The van der Waals surface area contributed by atoms with Crippen LogP contribution in [-0.4, -0.2) is 30.2 Å². The maximum absolute atomic E-state index is 11.3. The van der Waals surface area contributed by atoms with Crippen molar-refractivity contribution < 1.29 is 4.79 Å². The molecule has 1 aromatic rings. The average molecular weight is 237 g/mol. The summed E-state index contributed by atoms with van der Waals surface area (Å²) in [6, 6.07) is 6.45. The number of aryl methyl sites for hydroxylation is 2. The minimum Gasteiger partial charge on any atom is -0.345 e. The topological polar surface area (TPSA) is 20.3 Å². The second kappa shape index (κ2) is 5.94. The number of amides is 1. The van der Waals surface area contributed by atoms with Gasteiger partial charge in [-0.25, -0.2) is 0 Å². The lowest BCUT2D eigenvalue weighted by Gasteiger charge is -2.16. The highest BCUT2D eigenvalue weighted by Crippen LogP contribution is 2.10. The highest BCUT2D eigenvalue weighted by Gasteiger charge is 2.06. The highest BCUT2D eigenvalue weighted by atomic mass is 32.1. The van der Waals surface area contributed by atoms with Crippen molar-refractivity contribution in [3.05, 3.63) is 34.9 Å². The molecule has 0 saturated carbocycles. The number of benzene rings is 1. The van der Waals surface area contributed by atoms with Crippen molar-refractivity contribution in [1.82, 2.24) is 4.90 Å². The first-order chi connectivity index (χ1) is 7.54. The predicted molar refractivity (Wildman–Crippen MR) is 71.1 cm³/mol. The maximum Gasteiger partial charge on any atom is 0.232 e. The summed E-state index contributed by atoms with van der Waals surface area (Å²) in [7, 11) is 1.82. The molecule has 0 unspecified atom stereocenters. The first kappa shape index (κ1) is 13.1. The summed E-state index contributed by atoms with van der Waals surface area (Å²) in [4.78, 5) is 13.0. The molecule has 3 heteroatoms. The van der Waals surface area contributed by atoms with Crippen LogP contribution in [0.15, 0.2) is 18.2 Å². The predicted octanol–water partition coefficient (Wildman–Crippen LogP) is 2.23. The van der Waals surface area contributed by atoms with Crippen LogP contribution in [0.3, 0.4) is 0 Å². The number of carbonyl (C=O) groups is 1. The van der Waals surface area contributed by atoms with E-state index in [2.05, 4.69) is 44.7 Å². The van der Waals surface area contributed by atoms with Crippen LogP contribution in [-0.2, 0) is 11.2 Å². The molecule has 0 aromatic heterocycles. The summed E-state index contributed by atoms with van der Waals surface area (Å²) < 4.78 is 0. The molecule has 88 valence electrons. The third kappa shape index (κ3) is 3.56. The molecule has 0 aliphatic rings. The number of thiol groups is 1. The van der Waals surface area contributed by atoms with E-state index in [1.54, 1.807) is 4.90 Å². The van der Waals surface area contributed by atoms with Gasteiger partial charge >= 0.3 is 0 Å². The zero-order valence-corrected chi connectivity index (χ0v) is 11.1. The van der Waals surface area contributed by atoms with Crippen molar-refractivity contribution in [2.24, 2.45) is 0 Å². The van der Waals surface area contributed by atoms with Crippen LogP contribution in [0.1, 0.15) is 16.7 Å². The normalized spacial score (nSPS) is 10.2. The molecule has 0 aliphatic carbocycles. The van der Waals surface area contributed by atoms with E-state index in [9.17, 15) is 4.79 Å². The van der Waals surface area contributed by atoms with Gasteiger partial charge in [-0.15, -0.1) is 0 Å². The number of nitrogens with zero attached hydrogens (tertiary/aromatic N) is 1. The van der Waals surface area contributed by atoms with Crippen LogP contribution in [0.25, 0.3) is 0 Å². The van der Waals surface area contributed by atoms with Gasteiger partial charge in [0.05, 0.1) is 5.75 Å². The van der Waals surface area contributed by atoms with E-state index in [-0.39, 0.29) is 11.7 Å². The monoisotopic (exact) mass is 237 g/mol. The first-order valence-corrected chi connectivity index (χ1v) is 6.08. The van der Waals surface area contributed by atoms with Crippen molar-refractivity contribution in [2.75, 3.05) is 19.3 Å². The van der Waals surface area contributed by atoms with Crippen molar-refractivity contribution in [3.63, 3.8) is 0 Å². The van der Waals surface area contributed by atoms with Gasteiger partial charge in [0, 0.05) is 13.6 Å². The van der Waals surface area contributed by atoms with Crippen LogP contribution >= 0.6 is 12.6 Å². The van der Waals surface area contributed by atoms with Gasteiger partial charge in [-0.05, 0) is 37.0 Å². The Labute approximate surface area is 103 Å². The Morgan fingerprint density at radius 2 is 2.00 bits per heavy atom. The molecular formula is C13H19NOS. The molecule has 0 radical (unpaired) electrons. The molecule has 1 amide bonds. The van der Waals surface area contributed by atoms with Crippen LogP contribution in [0.5, 0.6) is 0 Å². The third-order valence-corrected chi connectivity index (χ3v) is 3.14. The summed E-state index contributed by atoms with van der Waals surface area (Å²) in [6.45, 7) is 4.97. The summed E-state index contributed by atoms with van der Waals surface area (Å²) in [5.74, 6) is 0.357. The molecular weight excluding hydrogens is 218 g/mol. The molecule has 2 nitrogen and oxygen atoms in total. The van der Waals surface area contributed by atoms with Crippen molar-refractivity contribution >= 4 is 18.5 Å². The van der Waals surface area contributed by atoms with Crippen molar-refractivity contribution in [1.29, 1.82) is 0 Å².